The van der Waals surface area contributed by atoms with E-state index in [1.807, 2.05) is 0 Å². The Morgan fingerprint density at radius 1 is 1.50 bits per heavy atom. The second-order valence-corrected chi connectivity index (χ2v) is 3.12. The highest BCUT2D eigenvalue weighted by molar-refractivity contribution is 5.85. The summed E-state index contributed by atoms with van der Waals surface area (Å²) >= 11 is 0. The third-order valence-corrected chi connectivity index (χ3v) is 2.18. The van der Waals surface area contributed by atoms with Crippen molar-refractivity contribution in [2.45, 2.75) is 0 Å². The van der Waals surface area contributed by atoms with Crippen LogP contribution >= 0.6 is 0 Å². The second-order valence-electron chi connectivity index (χ2n) is 3.12. The zero-order valence-electron chi connectivity index (χ0n) is 8.51. The standard InChI is InChI=1S/C11H9NO4/c1-15-10-4-7(2-3-9(10)14)11-8(5-13)6-16-12-11/h2-6,14H,1H3. The molecule has 0 saturated carbocycles. The zero-order valence-corrected chi connectivity index (χ0v) is 8.51. The summed E-state index contributed by atoms with van der Waals surface area (Å²) in [5.41, 5.74) is 1.42. The third-order valence-electron chi connectivity index (χ3n) is 2.18. The number of aromatic hydroxyl groups is 1. The summed E-state index contributed by atoms with van der Waals surface area (Å²) in [5.74, 6) is 0.347. The van der Waals surface area contributed by atoms with Gasteiger partial charge in [0, 0.05) is 5.56 Å². The molecule has 0 bridgehead atoms. The van der Waals surface area contributed by atoms with Gasteiger partial charge in [0.15, 0.2) is 17.8 Å². The average molecular weight is 219 g/mol. The molecule has 1 aromatic heterocycles. The number of hydrogen-bond acceptors (Lipinski definition) is 5. The summed E-state index contributed by atoms with van der Waals surface area (Å²) in [6.45, 7) is 0. The van der Waals surface area contributed by atoms with Crippen molar-refractivity contribution in [3.63, 3.8) is 0 Å². The number of phenolic OH excluding ortho intramolecular Hbond substituents is 1. The van der Waals surface area contributed by atoms with Crippen LogP contribution in [0.4, 0.5) is 0 Å². The average Bonchev–Trinajstić information content (AvgIpc) is 2.78. The first kappa shape index (κ1) is 10.2. The summed E-state index contributed by atoms with van der Waals surface area (Å²) < 4.78 is 9.67. The van der Waals surface area contributed by atoms with E-state index in [1.54, 1.807) is 12.1 Å². The Bertz CT molecular complexity index is 518. The molecule has 2 aromatic rings. The number of aldehydes is 1. The van der Waals surface area contributed by atoms with Crippen molar-refractivity contribution in [3.05, 3.63) is 30.0 Å². The van der Waals surface area contributed by atoms with Crippen molar-refractivity contribution < 1.29 is 19.2 Å². The van der Waals surface area contributed by atoms with Gasteiger partial charge in [0.25, 0.3) is 0 Å². The van der Waals surface area contributed by atoms with Gasteiger partial charge in [-0.05, 0) is 18.2 Å². The van der Waals surface area contributed by atoms with Crippen LogP contribution < -0.4 is 4.74 Å². The maximum absolute atomic E-state index is 10.7. The van der Waals surface area contributed by atoms with E-state index in [1.165, 1.54) is 19.4 Å². The molecule has 5 nitrogen and oxygen atoms in total. The number of benzene rings is 1. The van der Waals surface area contributed by atoms with Crippen LogP contribution in [0.2, 0.25) is 0 Å². The number of hydrogen-bond donors (Lipinski definition) is 1. The number of carbonyl (C=O) groups excluding carboxylic acids is 1. The molecule has 0 fully saturated rings. The topological polar surface area (TPSA) is 72.6 Å². The number of aromatic nitrogens is 1. The van der Waals surface area contributed by atoms with Crippen LogP contribution in [0.5, 0.6) is 11.5 Å². The molecule has 0 spiro atoms. The molecule has 0 aliphatic carbocycles. The zero-order chi connectivity index (χ0) is 11.5. The smallest absolute Gasteiger partial charge is 0.161 e. The second kappa shape index (κ2) is 4.06. The van der Waals surface area contributed by atoms with Crippen LogP contribution in [0.1, 0.15) is 10.4 Å². The maximum atomic E-state index is 10.7. The van der Waals surface area contributed by atoms with Gasteiger partial charge < -0.3 is 14.4 Å². The van der Waals surface area contributed by atoms with Crippen molar-refractivity contribution in [2.75, 3.05) is 7.11 Å². The molecule has 1 aromatic carbocycles. The molecule has 0 aliphatic rings. The molecular weight excluding hydrogens is 210 g/mol. The summed E-state index contributed by atoms with van der Waals surface area (Å²) in [7, 11) is 1.45. The van der Waals surface area contributed by atoms with Crippen LogP contribution in [-0.2, 0) is 0 Å². The third kappa shape index (κ3) is 1.63. The van der Waals surface area contributed by atoms with Crippen LogP contribution in [0, 0.1) is 0 Å². The number of rotatable bonds is 3. The molecule has 0 radical (unpaired) electrons. The Labute approximate surface area is 91.3 Å². The van der Waals surface area contributed by atoms with Gasteiger partial charge in [-0.2, -0.15) is 0 Å². The van der Waals surface area contributed by atoms with Gasteiger partial charge in [-0.3, -0.25) is 4.79 Å². The molecule has 0 unspecified atom stereocenters. The predicted octanol–water partition coefficient (Wildman–Crippen LogP) is 1.87. The molecule has 1 N–H and O–H groups in total. The fourth-order valence-electron chi connectivity index (χ4n) is 1.37. The van der Waals surface area contributed by atoms with Crippen LogP contribution in [0.15, 0.2) is 29.0 Å². The van der Waals surface area contributed by atoms with E-state index in [2.05, 4.69) is 5.16 Å². The minimum atomic E-state index is 0.0300. The van der Waals surface area contributed by atoms with E-state index < -0.39 is 0 Å². The fourth-order valence-corrected chi connectivity index (χ4v) is 1.37. The number of carbonyl (C=O) groups is 1. The molecular formula is C11H9NO4. The number of ether oxygens (including phenoxy) is 1. The highest BCUT2D eigenvalue weighted by Crippen LogP contribution is 2.31. The molecule has 0 amide bonds. The fraction of sp³-hybridized carbons (Fsp3) is 0.0909. The first-order chi connectivity index (χ1) is 7.76. The van der Waals surface area contributed by atoms with Crippen molar-refractivity contribution in [1.29, 1.82) is 0 Å². The lowest BCUT2D eigenvalue weighted by Gasteiger charge is -2.04. The molecule has 16 heavy (non-hydrogen) atoms. The molecule has 1 heterocycles. The van der Waals surface area contributed by atoms with Crippen molar-refractivity contribution in [3.8, 4) is 22.8 Å². The molecule has 0 atom stereocenters. The number of nitrogens with zero attached hydrogens (tertiary/aromatic N) is 1. The van der Waals surface area contributed by atoms with Gasteiger partial charge in [0.2, 0.25) is 0 Å². The first-order valence-corrected chi connectivity index (χ1v) is 4.53. The molecule has 0 saturated heterocycles. The van der Waals surface area contributed by atoms with Crippen molar-refractivity contribution in [1.82, 2.24) is 5.16 Å². The summed E-state index contributed by atoms with van der Waals surface area (Å²) in [5, 5.41) is 13.1. The largest absolute Gasteiger partial charge is 0.504 e. The van der Waals surface area contributed by atoms with E-state index in [-0.39, 0.29) is 5.75 Å². The van der Waals surface area contributed by atoms with Gasteiger partial charge in [0.1, 0.15) is 12.0 Å². The van der Waals surface area contributed by atoms with E-state index in [0.717, 1.165) is 0 Å². The molecule has 2 rings (SSSR count). The highest BCUT2D eigenvalue weighted by atomic mass is 16.5. The summed E-state index contributed by atoms with van der Waals surface area (Å²) in [4.78, 5) is 10.7. The number of phenols is 1. The Hall–Kier alpha value is -2.30. The first-order valence-electron chi connectivity index (χ1n) is 4.53. The van der Waals surface area contributed by atoms with E-state index >= 15 is 0 Å². The maximum Gasteiger partial charge on any atom is 0.161 e. The molecule has 82 valence electrons. The normalized spacial score (nSPS) is 10.1. The Morgan fingerprint density at radius 2 is 2.31 bits per heavy atom. The molecule has 5 heteroatoms. The number of methoxy groups -OCH3 is 1. The van der Waals surface area contributed by atoms with Gasteiger partial charge in [0.05, 0.1) is 12.7 Å². The molecule has 0 aliphatic heterocycles. The van der Waals surface area contributed by atoms with Gasteiger partial charge >= 0.3 is 0 Å². The summed E-state index contributed by atoms with van der Waals surface area (Å²) in [6.07, 6.45) is 1.92. The monoisotopic (exact) mass is 219 g/mol. The van der Waals surface area contributed by atoms with E-state index in [4.69, 9.17) is 9.26 Å². The van der Waals surface area contributed by atoms with Crippen LogP contribution in [0.3, 0.4) is 0 Å². The van der Waals surface area contributed by atoms with Gasteiger partial charge in [-0.25, -0.2) is 0 Å². The van der Waals surface area contributed by atoms with Crippen LogP contribution in [0.25, 0.3) is 11.3 Å². The van der Waals surface area contributed by atoms with E-state index in [0.29, 0.717) is 28.9 Å². The van der Waals surface area contributed by atoms with E-state index in [9.17, 15) is 9.90 Å². The predicted molar refractivity (Wildman–Crippen MR) is 55.5 cm³/mol. The lowest BCUT2D eigenvalue weighted by Crippen LogP contribution is -1.87. The minimum Gasteiger partial charge on any atom is -0.504 e. The quantitative estimate of drug-likeness (QED) is 0.797. The minimum absolute atomic E-state index is 0.0300. The summed E-state index contributed by atoms with van der Waals surface area (Å²) in [6, 6.07) is 4.68. The Kier molecular flexibility index (Phi) is 2.59. The highest BCUT2D eigenvalue weighted by Gasteiger charge is 2.11. The Morgan fingerprint density at radius 3 is 3.00 bits per heavy atom. The van der Waals surface area contributed by atoms with Crippen molar-refractivity contribution in [2.24, 2.45) is 0 Å². The van der Waals surface area contributed by atoms with Crippen LogP contribution in [-0.4, -0.2) is 23.7 Å². The van der Waals surface area contributed by atoms with Gasteiger partial charge in [-0.1, -0.05) is 5.16 Å². The Balaban J connectivity index is 2.52. The lowest BCUT2D eigenvalue weighted by molar-refractivity contribution is 0.112. The SMILES string of the molecule is COc1cc(-c2nocc2C=O)ccc1O. The van der Waals surface area contributed by atoms with Gasteiger partial charge in [-0.15, -0.1) is 0 Å². The van der Waals surface area contributed by atoms with Crippen molar-refractivity contribution >= 4 is 6.29 Å². The lowest BCUT2D eigenvalue weighted by atomic mass is 10.1.